The second kappa shape index (κ2) is 22.2. The van der Waals surface area contributed by atoms with E-state index in [-0.39, 0.29) is 30.3 Å². The van der Waals surface area contributed by atoms with Crippen LogP contribution in [0.1, 0.15) is 133 Å². The number of nitrogens with one attached hydrogen (secondary N) is 4. The third kappa shape index (κ3) is 18.9. The summed E-state index contributed by atoms with van der Waals surface area (Å²) >= 11 is 0. The molecule has 3 unspecified atom stereocenters. The minimum atomic E-state index is -3.32. The molecule has 1 aliphatic carbocycles. The van der Waals surface area contributed by atoms with Crippen LogP contribution in [0.25, 0.3) is 0 Å². The Morgan fingerprint density at radius 2 is 1.52 bits per heavy atom. The van der Waals surface area contributed by atoms with E-state index in [1.54, 1.807) is 20.8 Å². The molecule has 0 aromatic carbocycles. The predicted molar refractivity (Wildman–Crippen MR) is 192 cm³/mol. The number of carbonyl (C=O) groups excluding carboxylic acids is 5. The Kier molecular flexibility index (Phi) is 21.1. The fourth-order valence-electron chi connectivity index (χ4n) is 4.73. The average Bonchev–Trinajstić information content (AvgIpc) is 3.71. The molecular formula is C35H67N5O7S. The number of sulfone groups is 1. The first kappa shape index (κ1) is 45.5. The van der Waals surface area contributed by atoms with Crippen LogP contribution in [-0.4, -0.2) is 98.0 Å². The van der Waals surface area contributed by atoms with Gasteiger partial charge in [-0.2, -0.15) is 0 Å². The fourth-order valence-corrected chi connectivity index (χ4v) is 6.17. The molecule has 1 heterocycles. The molecule has 1 aliphatic heterocycles. The molecule has 48 heavy (non-hydrogen) atoms. The number of likely N-dealkylation sites (tertiary alicyclic amines) is 1. The first-order chi connectivity index (χ1) is 22.3. The van der Waals surface area contributed by atoms with Crippen LogP contribution in [0, 0.1) is 5.41 Å². The van der Waals surface area contributed by atoms with Crippen molar-refractivity contribution in [3.05, 3.63) is 0 Å². The van der Waals surface area contributed by atoms with E-state index in [9.17, 15) is 32.4 Å². The first-order valence-corrected chi connectivity index (χ1v) is 19.5. The topological polar surface area (TPSA) is 171 Å². The van der Waals surface area contributed by atoms with Gasteiger partial charge in [0, 0.05) is 6.04 Å². The maximum Gasteiger partial charge on any atom is 0.315 e. The number of hydrogen-bond donors (Lipinski definition) is 4. The number of hydrogen-bond acceptors (Lipinski definition) is 8. The van der Waals surface area contributed by atoms with E-state index in [0.29, 0.717) is 12.7 Å². The number of nitrogens with zero attached hydrogens (tertiary/aromatic N) is 1. The Morgan fingerprint density at radius 1 is 0.917 bits per heavy atom. The van der Waals surface area contributed by atoms with Crippen molar-refractivity contribution < 1.29 is 32.4 Å². The van der Waals surface area contributed by atoms with Gasteiger partial charge in [-0.25, -0.2) is 13.2 Å². The van der Waals surface area contributed by atoms with Crippen molar-refractivity contribution in [2.24, 2.45) is 5.41 Å². The van der Waals surface area contributed by atoms with Crippen molar-refractivity contribution in [1.82, 2.24) is 26.2 Å². The van der Waals surface area contributed by atoms with Crippen molar-refractivity contribution >= 4 is 39.8 Å². The minimum absolute atomic E-state index is 0.113. The van der Waals surface area contributed by atoms with Gasteiger partial charge in [0.1, 0.15) is 6.29 Å². The molecule has 1 saturated heterocycles. The highest BCUT2D eigenvalue weighted by atomic mass is 32.2. The Hall–Kier alpha value is -2.54. The highest BCUT2D eigenvalue weighted by Gasteiger charge is 2.35. The van der Waals surface area contributed by atoms with Crippen molar-refractivity contribution in [2.45, 2.75) is 162 Å². The number of carbonyl (C=O) groups is 5. The highest BCUT2D eigenvalue weighted by molar-refractivity contribution is 7.92. The summed E-state index contributed by atoms with van der Waals surface area (Å²) in [6, 6.07) is -1.15. The predicted octanol–water partition coefficient (Wildman–Crippen LogP) is 4.30. The maximum atomic E-state index is 12.4. The summed E-state index contributed by atoms with van der Waals surface area (Å²) in [7, 11) is -1.43. The van der Waals surface area contributed by atoms with E-state index in [1.165, 1.54) is 12.8 Å². The van der Waals surface area contributed by atoms with E-state index in [2.05, 4.69) is 42.0 Å². The summed E-state index contributed by atoms with van der Waals surface area (Å²) in [5, 5.41) is 10.1. The lowest BCUT2D eigenvalue weighted by molar-refractivity contribution is -0.138. The lowest BCUT2D eigenvalue weighted by Crippen LogP contribution is -2.58. The van der Waals surface area contributed by atoms with Crippen molar-refractivity contribution in [3.8, 4) is 0 Å². The van der Waals surface area contributed by atoms with Gasteiger partial charge in [0.2, 0.25) is 11.7 Å². The summed E-state index contributed by atoms with van der Waals surface area (Å²) in [5.41, 5.74) is -1.28. The van der Waals surface area contributed by atoms with Gasteiger partial charge >= 0.3 is 6.03 Å². The number of ketones is 1. The third-order valence-electron chi connectivity index (χ3n) is 8.50. The summed E-state index contributed by atoms with van der Waals surface area (Å²) in [5.74, 6) is -1.44. The monoisotopic (exact) mass is 701 g/mol. The van der Waals surface area contributed by atoms with Crippen molar-refractivity contribution in [2.75, 3.05) is 25.9 Å². The van der Waals surface area contributed by atoms with E-state index in [0.717, 1.165) is 57.9 Å². The molecule has 2 rings (SSSR count). The standard InChI is InChI=1S/C19H38N2O4S.C12H19N3O3.C4H10/c1-8-9-10-11-12-19(7,14-26(24,25)15(2)3)21-17(23)20-16(13-22)18(4,5)6;1-15-6-2-3-9(15)11(17)13-7-10(16)12(18)14-8-4-5-8;1-3-4-2/h13,15-16H,8-12,14H2,1-7H3,(H2,20,21,23);8-9H,2-7H2,1H3,(H,13,17)(H,14,18);3-4H2,1-2H3. The zero-order chi connectivity index (χ0) is 37.1. The van der Waals surface area contributed by atoms with E-state index >= 15 is 0 Å². The van der Waals surface area contributed by atoms with Gasteiger partial charge in [-0.05, 0) is 71.9 Å². The van der Waals surface area contributed by atoms with Gasteiger partial charge in [-0.1, -0.05) is 80.1 Å². The van der Waals surface area contributed by atoms with Gasteiger partial charge in [0.05, 0.1) is 35.2 Å². The Morgan fingerprint density at radius 3 is 1.96 bits per heavy atom. The van der Waals surface area contributed by atoms with Gasteiger partial charge in [0.15, 0.2) is 9.84 Å². The SMILES string of the molecule is CCCC.CCCCCCC(C)(CS(=O)(=O)C(C)C)NC(=O)NC(C=O)C(C)(C)C.CN1CCCC1C(=O)NCC(=O)C(=O)NC1CC1. The van der Waals surface area contributed by atoms with Crippen LogP contribution in [0.15, 0.2) is 0 Å². The van der Waals surface area contributed by atoms with E-state index < -0.39 is 49.8 Å². The summed E-state index contributed by atoms with van der Waals surface area (Å²) in [4.78, 5) is 60.3. The first-order valence-electron chi connectivity index (χ1n) is 17.8. The fraction of sp³-hybridized carbons (Fsp3) is 0.857. The smallest absolute Gasteiger partial charge is 0.315 e. The summed E-state index contributed by atoms with van der Waals surface area (Å²) < 4.78 is 24.9. The molecule has 4 amide bonds. The molecule has 0 bridgehead atoms. The second-order valence-corrected chi connectivity index (χ2v) is 17.4. The number of likely N-dealkylation sites (N-methyl/N-ethyl adjacent to an activating group) is 1. The Balaban J connectivity index is 0.000000864. The molecular weight excluding hydrogens is 634 g/mol. The molecule has 13 heteroatoms. The summed E-state index contributed by atoms with van der Waals surface area (Å²) in [6.07, 6.45) is 11.6. The molecule has 280 valence electrons. The number of unbranched alkanes of at least 4 members (excludes halogenated alkanes) is 4. The molecule has 0 aromatic heterocycles. The van der Waals surface area contributed by atoms with E-state index in [4.69, 9.17) is 0 Å². The highest BCUT2D eigenvalue weighted by Crippen LogP contribution is 2.22. The van der Waals surface area contributed by atoms with Crippen LogP contribution in [-0.2, 0) is 29.0 Å². The number of aldehydes is 1. The molecule has 1 saturated carbocycles. The zero-order valence-corrected chi connectivity index (χ0v) is 32.3. The van der Waals surface area contributed by atoms with E-state index in [1.807, 2.05) is 32.7 Å². The molecule has 0 aromatic rings. The Bertz CT molecular complexity index is 1120. The van der Waals surface area contributed by atoms with Crippen molar-refractivity contribution in [3.63, 3.8) is 0 Å². The number of Topliss-reactive ketones (excluding diaryl/α,β-unsaturated/α-hetero) is 1. The van der Waals surface area contributed by atoms with Crippen LogP contribution in [0.5, 0.6) is 0 Å². The number of amides is 4. The van der Waals surface area contributed by atoms with Crippen LogP contribution < -0.4 is 21.3 Å². The van der Waals surface area contributed by atoms with Gasteiger partial charge in [-0.3, -0.25) is 19.3 Å². The average molecular weight is 702 g/mol. The van der Waals surface area contributed by atoms with Crippen LogP contribution in [0.3, 0.4) is 0 Å². The minimum Gasteiger partial charge on any atom is -0.347 e. The van der Waals surface area contributed by atoms with Crippen LogP contribution >= 0.6 is 0 Å². The molecule has 0 radical (unpaired) electrons. The molecule has 2 fully saturated rings. The molecule has 0 spiro atoms. The molecule has 2 aliphatic rings. The number of rotatable bonds is 17. The van der Waals surface area contributed by atoms with Crippen LogP contribution in [0.2, 0.25) is 0 Å². The van der Waals surface area contributed by atoms with Gasteiger partial charge in [0.25, 0.3) is 5.91 Å². The molecule has 12 nitrogen and oxygen atoms in total. The lowest BCUT2D eigenvalue weighted by atomic mass is 9.88. The lowest BCUT2D eigenvalue weighted by Gasteiger charge is -2.33. The molecule has 4 N–H and O–H groups in total. The normalized spacial score (nSPS) is 18.2. The van der Waals surface area contributed by atoms with Crippen LogP contribution in [0.4, 0.5) is 4.79 Å². The maximum absolute atomic E-state index is 12.4. The quantitative estimate of drug-likeness (QED) is 0.0988. The Labute approximate surface area is 291 Å². The van der Waals surface area contributed by atoms with Gasteiger partial charge in [-0.15, -0.1) is 0 Å². The second-order valence-electron chi connectivity index (χ2n) is 14.8. The largest absolute Gasteiger partial charge is 0.347 e. The van der Waals surface area contributed by atoms with Gasteiger partial charge < -0.3 is 26.1 Å². The summed E-state index contributed by atoms with van der Waals surface area (Å²) in [6.45, 7) is 17.8. The third-order valence-corrected chi connectivity index (χ3v) is 11.0. The zero-order valence-electron chi connectivity index (χ0n) is 31.5. The number of urea groups is 1. The van der Waals surface area contributed by atoms with Crippen molar-refractivity contribution in [1.29, 1.82) is 0 Å². The molecule has 3 atom stereocenters.